The fraction of sp³-hybridized carbons (Fsp3) is 0.674. The summed E-state index contributed by atoms with van der Waals surface area (Å²) in [5.74, 6) is -4.80. The van der Waals surface area contributed by atoms with Crippen molar-refractivity contribution >= 4 is 34.4 Å². The molecule has 0 aliphatic carbocycles. The predicted octanol–water partition coefficient (Wildman–Crippen LogP) is 5.18. The van der Waals surface area contributed by atoms with Crippen molar-refractivity contribution in [3.05, 3.63) is 48.2 Å². The lowest BCUT2D eigenvalue weighted by Gasteiger charge is -2.47. The number of oxime groups is 1. The van der Waals surface area contributed by atoms with E-state index in [4.69, 9.17) is 23.8 Å². The minimum absolute atomic E-state index is 0.0855. The number of Topliss-reactive ketones (excluding diaryl/α,β-unsaturated/α-hetero) is 1. The molecule has 1 aromatic heterocycles. The van der Waals surface area contributed by atoms with Crippen LogP contribution in [0.1, 0.15) is 87.1 Å². The Hall–Kier alpha value is -3.30. The van der Waals surface area contributed by atoms with Crippen LogP contribution in [0.2, 0.25) is 0 Å². The number of para-hydroxylation sites is 1. The number of hydrogen-bond acceptors (Lipinski definition) is 13. The van der Waals surface area contributed by atoms with Gasteiger partial charge in [0.05, 0.1) is 41.7 Å². The minimum Gasteiger partial charge on any atom is -0.459 e. The van der Waals surface area contributed by atoms with E-state index in [-0.39, 0.29) is 38.2 Å². The first kappa shape index (κ1) is 45.4. The maximum atomic E-state index is 14.4. The number of cyclic esters (lactones) is 1. The lowest BCUT2D eigenvalue weighted by atomic mass is 9.74. The van der Waals surface area contributed by atoms with Crippen molar-refractivity contribution < 1.29 is 48.7 Å². The molecule has 2 aromatic rings. The first-order chi connectivity index (χ1) is 26.4. The smallest absolute Gasteiger partial charge is 0.316 e. The Balaban J connectivity index is 1.84. The molecule has 4 rings (SSSR count). The third-order valence-electron chi connectivity index (χ3n) is 11.6. The lowest BCUT2D eigenvalue weighted by Crippen LogP contribution is -2.60. The van der Waals surface area contributed by atoms with E-state index in [1.54, 1.807) is 33.9 Å². The van der Waals surface area contributed by atoms with E-state index in [9.17, 15) is 24.9 Å². The van der Waals surface area contributed by atoms with Gasteiger partial charge in [0.25, 0.3) is 0 Å². The van der Waals surface area contributed by atoms with Gasteiger partial charge in [-0.2, -0.15) is 0 Å². The normalized spacial score (nSPS) is 37.6. The second-order valence-electron chi connectivity index (χ2n) is 16.4. The van der Waals surface area contributed by atoms with Crippen molar-refractivity contribution in [2.24, 2.45) is 28.8 Å². The molecule has 0 spiro atoms. The monoisotopic (exact) mass is 783 g/mol. The molecule has 0 bridgehead atoms. The summed E-state index contributed by atoms with van der Waals surface area (Å²) >= 11 is 0. The van der Waals surface area contributed by atoms with E-state index < -0.39 is 77.3 Å². The zero-order valence-corrected chi connectivity index (χ0v) is 35.0. The summed E-state index contributed by atoms with van der Waals surface area (Å²) in [5, 5.41) is 40.6. The zero-order chi connectivity index (χ0) is 41.5. The van der Waals surface area contributed by atoms with Crippen LogP contribution >= 0.6 is 0 Å². The molecule has 13 heteroatoms. The first-order valence-electron chi connectivity index (χ1n) is 20.0. The summed E-state index contributed by atoms with van der Waals surface area (Å²) in [7, 11) is 3.76. The van der Waals surface area contributed by atoms with E-state index in [0.29, 0.717) is 12.1 Å². The molecule has 2 aliphatic heterocycles. The van der Waals surface area contributed by atoms with E-state index in [1.165, 1.54) is 13.8 Å². The molecule has 0 amide bonds. The van der Waals surface area contributed by atoms with Gasteiger partial charge < -0.3 is 44.0 Å². The van der Waals surface area contributed by atoms with Gasteiger partial charge >= 0.3 is 5.97 Å². The minimum atomic E-state index is -1.91. The maximum absolute atomic E-state index is 14.4. The molecular weight excluding hydrogens is 718 g/mol. The number of benzene rings is 1. The number of aromatic nitrogens is 1. The molecule has 13 nitrogen and oxygen atoms in total. The highest BCUT2D eigenvalue weighted by Gasteiger charge is 2.52. The number of aliphatic hydroxyl groups excluding tert-OH is 2. The molecule has 312 valence electrons. The average Bonchev–Trinajstić information content (AvgIpc) is 3.16. The number of nitrogens with zero attached hydrogens (tertiary/aromatic N) is 3. The highest BCUT2D eigenvalue weighted by atomic mass is 16.7. The molecule has 56 heavy (non-hydrogen) atoms. The second kappa shape index (κ2) is 19.4. The van der Waals surface area contributed by atoms with Crippen molar-refractivity contribution in [1.29, 1.82) is 0 Å². The number of carbonyl (C=O) groups excluding carboxylic acids is 2. The van der Waals surface area contributed by atoms with Gasteiger partial charge in [-0.15, -0.1) is 0 Å². The molecule has 2 saturated heterocycles. The van der Waals surface area contributed by atoms with E-state index in [0.717, 1.165) is 16.5 Å². The molecule has 3 heterocycles. The van der Waals surface area contributed by atoms with Gasteiger partial charge in [-0.3, -0.25) is 14.6 Å². The zero-order valence-electron chi connectivity index (χ0n) is 35.0. The van der Waals surface area contributed by atoms with Gasteiger partial charge in [-0.1, -0.05) is 63.2 Å². The van der Waals surface area contributed by atoms with Crippen LogP contribution in [0.3, 0.4) is 0 Å². The fourth-order valence-electron chi connectivity index (χ4n) is 8.30. The van der Waals surface area contributed by atoms with Crippen molar-refractivity contribution in [1.82, 2.24) is 9.88 Å². The van der Waals surface area contributed by atoms with Crippen LogP contribution in [0.15, 0.2) is 47.8 Å². The summed E-state index contributed by atoms with van der Waals surface area (Å²) in [5.41, 5.74) is -1.03. The van der Waals surface area contributed by atoms with Crippen LogP contribution in [-0.4, -0.2) is 124 Å². The van der Waals surface area contributed by atoms with Gasteiger partial charge in [-0.25, -0.2) is 0 Å². The van der Waals surface area contributed by atoms with E-state index in [2.05, 4.69) is 10.1 Å². The number of pyridine rings is 1. The Kier molecular flexibility index (Phi) is 15.8. The Labute approximate surface area is 332 Å². The van der Waals surface area contributed by atoms with E-state index >= 15 is 0 Å². The standard InChI is InChI=1S/C43H65N3O10/c1-12-34-43(9,51)38(49)27(5)35(45-53-13-2)25(3)23-42(8,52-20-16-17-30-22-31-18-14-15-19-32(31)44-24-30)39(28(6)36(47)29(7)40(50)55-34)56-41-37(48)33(46(10)11)21-26(4)54-41/h14-19,22,24-29,33-34,37-39,41,48-49,51H,12-13,20-21,23H2,1-11H3/b17-16+,45-35+/t25-,26-,27-,28+,29-,33+,34+,37-,38-,39-,41+,42+,43-/m1/s1. The molecule has 1 aromatic carbocycles. The summed E-state index contributed by atoms with van der Waals surface area (Å²) in [6, 6.07) is 9.58. The summed E-state index contributed by atoms with van der Waals surface area (Å²) < 4.78 is 25.7. The van der Waals surface area contributed by atoms with Crippen molar-refractivity contribution in [3.8, 4) is 0 Å². The summed E-state index contributed by atoms with van der Waals surface area (Å²) in [6.07, 6.45) is 0.346. The number of fused-ring (bicyclic) bond motifs is 1. The number of esters is 1. The molecule has 0 unspecified atom stereocenters. The fourth-order valence-corrected chi connectivity index (χ4v) is 8.30. The highest BCUT2D eigenvalue weighted by molar-refractivity contribution is 6.00. The number of hydrogen-bond donors (Lipinski definition) is 3. The molecule has 2 fully saturated rings. The predicted molar refractivity (Wildman–Crippen MR) is 215 cm³/mol. The first-order valence-corrected chi connectivity index (χ1v) is 20.0. The van der Waals surface area contributed by atoms with Crippen molar-refractivity contribution in [2.75, 3.05) is 27.3 Å². The van der Waals surface area contributed by atoms with Gasteiger partial charge in [0.15, 0.2) is 12.1 Å². The Morgan fingerprint density at radius 1 is 1.05 bits per heavy atom. The van der Waals surface area contributed by atoms with Gasteiger partial charge in [0.2, 0.25) is 0 Å². The van der Waals surface area contributed by atoms with Crippen LogP contribution in [0.5, 0.6) is 0 Å². The largest absolute Gasteiger partial charge is 0.459 e. The average molecular weight is 784 g/mol. The van der Waals surface area contributed by atoms with Crippen molar-refractivity contribution in [3.63, 3.8) is 0 Å². The molecular formula is C43H65N3O10. The third kappa shape index (κ3) is 10.4. The maximum Gasteiger partial charge on any atom is 0.316 e. The Bertz CT molecular complexity index is 1680. The molecule has 3 N–H and O–H groups in total. The topological polar surface area (TPSA) is 169 Å². The molecule has 13 atom stereocenters. The number of likely N-dealkylation sites (N-methyl/N-ethyl adjacent to an activating group) is 1. The van der Waals surface area contributed by atoms with Crippen LogP contribution < -0.4 is 0 Å². The number of rotatable bonds is 10. The summed E-state index contributed by atoms with van der Waals surface area (Å²) in [4.78, 5) is 40.2. The number of ketones is 1. The highest BCUT2D eigenvalue weighted by Crippen LogP contribution is 2.39. The molecule has 0 radical (unpaired) electrons. The third-order valence-corrected chi connectivity index (χ3v) is 11.6. The Morgan fingerprint density at radius 2 is 1.75 bits per heavy atom. The number of aliphatic hydroxyl groups is 3. The van der Waals surface area contributed by atoms with Crippen LogP contribution in [-0.2, 0) is 33.4 Å². The van der Waals surface area contributed by atoms with Gasteiger partial charge in [0.1, 0.15) is 30.3 Å². The van der Waals surface area contributed by atoms with Gasteiger partial charge in [-0.05, 0) is 85.7 Å². The van der Waals surface area contributed by atoms with Gasteiger partial charge in [0, 0.05) is 35.4 Å². The quantitative estimate of drug-likeness (QED) is 0.164. The van der Waals surface area contributed by atoms with E-state index in [1.807, 2.05) is 82.3 Å². The number of carbonyl (C=O) groups is 2. The van der Waals surface area contributed by atoms with Crippen LogP contribution in [0, 0.1) is 23.7 Å². The van der Waals surface area contributed by atoms with Crippen LogP contribution in [0.4, 0.5) is 0 Å². The molecule has 2 aliphatic rings. The lowest BCUT2D eigenvalue weighted by molar-refractivity contribution is -0.296. The number of ether oxygens (including phenoxy) is 4. The Morgan fingerprint density at radius 3 is 2.41 bits per heavy atom. The SMILES string of the molecule is CCO/N=C1\[C@H](C)C[C@](C)(OC/C=C/c2cnc3ccccc3c2)[C@H](O[C@@H]2O[C@H](C)C[C@H](N(C)C)[C@H]2O)[C@@H](C)C(=O)[C@@H](C)C(=O)O[C@@H](CC)[C@@](C)(O)[C@H](O)[C@@H]1C. The second-order valence-corrected chi connectivity index (χ2v) is 16.4. The molecule has 0 saturated carbocycles. The summed E-state index contributed by atoms with van der Waals surface area (Å²) in [6.45, 7) is 15.8. The van der Waals surface area contributed by atoms with Crippen LogP contribution in [0.25, 0.3) is 17.0 Å². The van der Waals surface area contributed by atoms with Crippen molar-refractivity contribution in [2.45, 2.75) is 136 Å².